The van der Waals surface area contributed by atoms with Gasteiger partial charge in [-0.05, 0) is 110 Å². The summed E-state index contributed by atoms with van der Waals surface area (Å²) < 4.78 is 1.26. The molecule has 0 amide bonds. The van der Waals surface area contributed by atoms with Crippen LogP contribution in [0.25, 0.3) is 33.0 Å². The zero-order chi connectivity index (χ0) is 24.7. The number of hydrogen-bond donors (Lipinski definition) is 0. The van der Waals surface area contributed by atoms with Crippen molar-refractivity contribution < 1.29 is 0 Å². The Morgan fingerprint density at radius 2 is 1.36 bits per heavy atom. The molecule has 1 atom stereocenters. The van der Waals surface area contributed by atoms with Gasteiger partial charge in [-0.15, -0.1) is 0 Å². The van der Waals surface area contributed by atoms with Crippen molar-refractivity contribution in [2.75, 3.05) is 0 Å². The minimum Gasteiger partial charge on any atom is -0.0877 e. The van der Waals surface area contributed by atoms with Crippen LogP contribution in [0, 0.1) is 3.57 Å². The number of hydrogen-bond acceptors (Lipinski definition) is 0. The van der Waals surface area contributed by atoms with E-state index in [1.807, 2.05) is 0 Å². The van der Waals surface area contributed by atoms with Gasteiger partial charge >= 0.3 is 0 Å². The van der Waals surface area contributed by atoms with E-state index in [9.17, 15) is 0 Å². The summed E-state index contributed by atoms with van der Waals surface area (Å²) in [5, 5.41) is 2.55. The van der Waals surface area contributed by atoms with Crippen LogP contribution >= 0.6 is 22.6 Å². The molecule has 36 heavy (non-hydrogen) atoms. The second-order valence-electron chi connectivity index (χ2n) is 9.50. The molecule has 0 saturated heterocycles. The first-order valence-corrected chi connectivity index (χ1v) is 13.5. The average molecular weight is 575 g/mol. The number of rotatable bonds is 4. The molecule has 0 N–H and O–H groups in total. The van der Waals surface area contributed by atoms with Crippen molar-refractivity contribution in [1.29, 1.82) is 0 Å². The standard InChI is InChI=1S/C35H27I/c1-3-4-10-24(2)35(29-11-6-5-7-12-29)33-14-9-8-13-31(33)32-20-18-27(23-34(32)35)26-16-15-25-17-19-30(36)22-28(25)21-26/h3-23H,1-2H3/b4-3-,24-10+. The first-order chi connectivity index (χ1) is 17.6. The van der Waals surface area contributed by atoms with E-state index >= 15 is 0 Å². The summed E-state index contributed by atoms with van der Waals surface area (Å²) in [6.07, 6.45) is 6.55. The number of fused-ring (bicyclic) bond motifs is 4. The summed E-state index contributed by atoms with van der Waals surface area (Å²) in [7, 11) is 0. The molecule has 0 radical (unpaired) electrons. The Balaban J connectivity index is 1.65. The van der Waals surface area contributed by atoms with Gasteiger partial charge in [-0.25, -0.2) is 0 Å². The Kier molecular flexibility index (Phi) is 5.89. The Morgan fingerprint density at radius 3 is 2.19 bits per heavy atom. The third-order valence-corrected chi connectivity index (χ3v) is 8.19. The van der Waals surface area contributed by atoms with Crippen molar-refractivity contribution in [3.05, 3.63) is 153 Å². The normalized spacial score (nSPS) is 16.9. The lowest BCUT2D eigenvalue weighted by atomic mass is 9.67. The molecule has 0 bridgehead atoms. The molecule has 0 aromatic heterocycles. The van der Waals surface area contributed by atoms with Crippen LogP contribution in [-0.4, -0.2) is 0 Å². The first kappa shape index (κ1) is 23.0. The molecule has 5 aromatic rings. The van der Waals surface area contributed by atoms with Crippen LogP contribution in [0.1, 0.15) is 30.5 Å². The van der Waals surface area contributed by atoms with Crippen molar-refractivity contribution in [2.45, 2.75) is 19.3 Å². The lowest BCUT2D eigenvalue weighted by molar-refractivity contribution is 0.747. The first-order valence-electron chi connectivity index (χ1n) is 12.4. The number of allylic oxidation sites excluding steroid dienone is 4. The predicted molar refractivity (Wildman–Crippen MR) is 162 cm³/mol. The van der Waals surface area contributed by atoms with E-state index in [0.29, 0.717) is 0 Å². The summed E-state index contributed by atoms with van der Waals surface area (Å²) in [6, 6.07) is 40.4. The van der Waals surface area contributed by atoms with Crippen molar-refractivity contribution in [3.8, 4) is 22.3 Å². The highest BCUT2D eigenvalue weighted by atomic mass is 127. The van der Waals surface area contributed by atoms with E-state index in [1.54, 1.807) is 0 Å². The summed E-state index contributed by atoms with van der Waals surface area (Å²) in [5.74, 6) is 0. The maximum absolute atomic E-state index is 2.43. The Morgan fingerprint density at radius 1 is 0.667 bits per heavy atom. The van der Waals surface area contributed by atoms with Crippen molar-refractivity contribution in [2.24, 2.45) is 0 Å². The van der Waals surface area contributed by atoms with Crippen LogP contribution in [0.3, 0.4) is 0 Å². The van der Waals surface area contributed by atoms with E-state index in [1.165, 1.54) is 58.9 Å². The minimum absolute atomic E-state index is 0.338. The Bertz CT molecular complexity index is 1660. The summed E-state index contributed by atoms with van der Waals surface area (Å²) in [5.41, 5.74) is 10.1. The molecular weight excluding hydrogens is 547 g/mol. The van der Waals surface area contributed by atoms with Crippen LogP contribution in [-0.2, 0) is 5.41 Å². The summed E-state index contributed by atoms with van der Waals surface area (Å²) >= 11 is 2.40. The van der Waals surface area contributed by atoms with E-state index < -0.39 is 0 Å². The SMILES string of the molecule is C/C=C\C=C(/C)C1(c2ccccc2)c2ccccc2-c2ccc(-c3ccc4ccc(I)cc4c3)cc21. The molecule has 5 aromatic carbocycles. The number of benzene rings is 5. The summed E-state index contributed by atoms with van der Waals surface area (Å²) in [4.78, 5) is 0. The zero-order valence-electron chi connectivity index (χ0n) is 20.5. The van der Waals surface area contributed by atoms with Gasteiger partial charge < -0.3 is 0 Å². The van der Waals surface area contributed by atoms with Gasteiger partial charge in [0.15, 0.2) is 0 Å². The van der Waals surface area contributed by atoms with Gasteiger partial charge in [0.2, 0.25) is 0 Å². The van der Waals surface area contributed by atoms with Gasteiger partial charge in [0, 0.05) is 3.57 Å². The largest absolute Gasteiger partial charge is 0.0877 e. The molecule has 174 valence electrons. The van der Waals surface area contributed by atoms with Gasteiger partial charge in [0.05, 0.1) is 5.41 Å². The summed E-state index contributed by atoms with van der Waals surface area (Å²) in [6.45, 7) is 4.36. The van der Waals surface area contributed by atoms with Crippen LogP contribution < -0.4 is 0 Å². The van der Waals surface area contributed by atoms with Crippen molar-refractivity contribution in [3.63, 3.8) is 0 Å². The third kappa shape index (κ3) is 3.57. The molecule has 0 aliphatic heterocycles. The Labute approximate surface area is 227 Å². The van der Waals surface area contributed by atoms with Gasteiger partial charge in [-0.3, -0.25) is 0 Å². The number of halogens is 1. The van der Waals surface area contributed by atoms with Crippen molar-refractivity contribution >= 4 is 33.4 Å². The quantitative estimate of drug-likeness (QED) is 0.148. The zero-order valence-corrected chi connectivity index (χ0v) is 22.7. The van der Waals surface area contributed by atoms with Crippen molar-refractivity contribution in [1.82, 2.24) is 0 Å². The monoisotopic (exact) mass is 574 g/mol. The van der Waals surface area contributed by atoms with Crippen LogP contribution in [0.2, 0.25) is 0 Å². The molecule has 1 heteroatoms. The Hall–Kier alpha value is -3.43. The maximum atomic E-state index is 2.43. The minimum atomic E-state index is -0.338. The molecular formula is C35H27I. The molecule has 0 heterocycles. The second-order valence-corrected chi connectivity index (χ2v) is 10.7. The van der Waals surface area contributed by atoms with E-state index in [2.05, 4.69) is 164 Å². The van der Waals surface area contributed by atoms with Gasteiger partial charge in [-0.2, -0.15) is 0 Å². The topological polar surface area (TPSA) is 0 Å². The van der Waals surface area contributed by atoms with Crippen LogP contribution in [0.5, 0.6) is 0 Å². The smallest absolute Gasteiger partial charge is 0.0674 e. The van der Waals surface area contributed by atoms with E-state index in [4.69, 9.17) is 0 Å². The van der Waals surface area contributed by atoms with Crippen LogP contribution in [0.15, 0.2) is 133 Å². The molecule has 6 rings (SSSR count). The maximum Gasteiger partial charge on any atom is 0.0674 e. The fourth-order valence-corrected chi connectivity index (χ4v) is 6.39. The average Bonchev–Trinajstić information content (AvgIpc) is 3.22. The van der Waals surface area contributed by atoms with E-state index in [-0.39, 0.29) is 5.41 Å². The molecule has 1 aliphatic carbocycles. The molecule has 1 aliphatic rings. The van der Waals surface area contributed by atoms with Gasteiger partial charge in [-0.1, -0.05) is 109 Å². The molecule has 0 spiro atoms. The fraction of sp³-hybridized carbons (Fsp3) is 0.0857. The van der Waals surface area contributed by atoms with Gasteiger partial charge in [0.25, 0.3) is 0 Å². The predicted octanol–water partition coefficient (Wildman–Crippen LogP) is 9.95. The molecule has 0 saturated carbocycles. The van der Waals surface area contributed by atoms with Gasteiger partial charge in [0.1, 0.15) is 0 Å². The molecule has 0 fully saturated rings. The van der Waals surface area contributed by atoms with Crippen LogP contribution in [0.4, 0.5) is 0 Å². The second kappa shape index (κ2) is 9.22. The van der Waals surface area contributed by atoms with E-state index in [0.717, 1.165) is 0 Å². The molecule has 1 unspecified atom stereocenters. The third-order valence-electron chi connectivity index (χ3n) is 7.52. The lowest BCUT2D eigenvalue weighted by Gasteiger charge is -2.34. The fourth-order valence-electron chi connectivity index (χ4n) is 5.87. The highest BCUT2D eigenvalue weighted by molar-refractivity contribution is 14.1. The molecule has 0 nitrogen and oxygen atoms in total. The lowest BCUT2D eigenvalue weighted by Crippen LogP contribution is -2.28. The highest BCUT2D eigenvalue weighted by Crippen LogP contribution is 2.56. The highest BCUT2D eigenvalue weighted by Gasteiger charge is 2.45.